The van der Waals surface area contributed by atoms with Gasteiger partial charge in [-0.3, -0.25) is 0 Å². The first-order chi connectivity index (χ1) is 8.29. The van der Waals surface area contributed by atoms with Crippen LogP contribution < -0.4 is 5.32 Å². The highest BCUT2D eigenvalue weighted by atomic mass is 16.5. The number of ether oxygens (including phenoxy) is 1. The number of nitrogens with one attached hydrogen (secondary N) is 1. The molecule has 1 aliphatic heterocycles. The summed E-state index contributed by atoms with van der Waals surface area (Å²) < 4.78 is 5.86. The minimum atomic E-state index is 0.384. The van der Waals surface area contributed by atoms with E-state index in [0.717, 1.165) is 13.0 Å². The van der Waals surface area contributed by atoms with Crippen molar-refractivity contribution in [2.75, 3.05) is 13.7 Å². The van der Waals surface area contributed by atoms with Crippen molar-refractivity contribution in [1.82, 2.24) is 5.32 Å². The van der Waals surface area contributed by atoms with Crippen LogP contribution >= 0.6 is 0 Å². The first-order valence-corrected chi connectivity index (χ1v) is 6.64. The molecule has 1 fully saturated rings. The van der Waals surface area contributed by atoms with Gasteiger partial charge in [0, 0.05) is 12.6 Å². The van der Waals surface area contributed by atoms with Crippen molar-refractivity contribution in [3.05, 3.63) is 35.4 Å². The first kappa shape index (κ1) is 12.6. The molecule has 94 valence electrons. The molecule has 0 aliphatic carbocycles. The van der Waals surface area contributed by atoms with Crippen molar-refractivity contribution in [2.24, 2.45) is 0 Å². The highest BCUT2D eigenvalue weighted by molar-refractivity contribution is 5.22. The second kappa shape index (κ2) is 6.18. The SMILES string of the molecule is CNC(Cc1ccc(C)cc1)C1CCCCO1. The minimum absolute atomic E-state index is 0.384. The number of rotatable bonds is 4. The van der Waals surface area contributed by atoms with Crippen molar-refractivity contribution in [1.29, 1.82) is 0 Å². The molecule has 1 heterocycles. The van der Waals surface area contributed by atoms with Crippen LogP contribution in [-0.2, 0) is 11.2 Å². The van der Waals surface area contributed by atoms with Gasteiger partial charge in [-0.2, -0.15) is 0 Å². The number of hydrogen-bond acceptors (Lipinski definition) is 2. The molecule has 0 aromatic heterocycles. The highest BCUT2D eigenvalue weighted by Gasteiger charge is 2.23. The Bertz CT molecular complexity index is 327. The fourth-order valence-corrected chi connectivity index (χ4v) is 2.48. The molecule has 0 radical (unpaired) electrons. The summed E-state index contributed by atoms with van der Waals surface area (Å²) in [6, 6.07) is 9.26. The zero-order valence-corrected chi connectivity index (χ0v) is 10.9. The van der Waals surface area contributed by atoms with E-state index < -0.39 is 0 Å². The molecule has 1 N–H and O–H groups in total. The second-order valence-corrected chi connectivity index (χ2v) is 4.99. The van der Waals surface area contributed by atoms with Crippen molar-refractivity contribution in [3.8, 4) is 0 Å². The van der Waals surface area contributed by atoms with Gasteiger partial charge < -0.3 is 10.1 Å². The largest absolute Gasteiger partial charge is 0.377 e. The smallest absolute Gasteiger partial charge is 0.0731 e. The lowest BCUT2D eigenvalue weighted by Gasteiger charge is -2.30. The minimum Gasteiger partial charge on any atom is -0.377 e. The van der Waals surface area contributed by atoms with E-state index in [1.54, 1.807) is 0 Å². The lowest BCUT2D eigenvalue weighted by Crippen LogP contribution is -2.42. The van der Waals surface area contributed by atoms with Crippen LogP contribution in [0.1, 0.15) is 30.4 Å². The molecule has 0 amide bonds. The third-order valence-electron chi connectivity index (χ3n) is 3.61. The summed E-state index contributed by atoms with van der Waals surface area (Å²) in [5, 5.41) is 3.41. The van der Waals surface area contributed by atoms with E-state index >= 15 is 0 Å². The lowest BCUT2D eigenvalue weighted by molar-refractivity contribution is -0.00587. The number of hydrogen-bond donors (Lipinski definition) is 1. The fraction of sp³-hybridized carbons (Fsp3) is 0.600. The van der Waals surface area contributed by atoms with Gasteiger partial charge in [0.15, 0.2) is 0 Å². The van der Waals surface area contributed by atoms with E-state index in [1.807, 2.05) is 7.05 Å². The molecule has 2 unspecified atom stereocenters. The summed E-state index contributed by atoms with van der Waals surface area (Å²) in [5.41, 5.74) is 2.72. The summed E-state index contributed by atoms with van der Waals surface area (Å²) >= 11 is 0. The Morgan fingerprint density at radius 2 is 2.06 bits per heavy atom. The molecule has 17 heavy (non-hydrogen) atoms. The zero-order valence-electron chi connectivity index (χ0n) is 10.9. The van der Waals surface area contributed by atoms with Gasteiger partial charge in [0.1, 0.15) is 0 Å². The summed E-state index contributed by atoms with van der Waals surface area (Å²) in [6.45, 7) is 3.06. The van der Waals surface area contributed by atoms with Gasteiger partial charge in [0.05, 0.1) is 6.10 Å². The molecule has 2 nitrogen and oxygen atoms in total. The van der Waals surface area contributed by atoms with Gasteiger partial charge in [-0.05, 0) is 45.2 Å². The normalized spacial score (nSPS) is 22.4. The predicted molar refractivity (Wildman–Crippen MR) is 71.3 cm³/mol. The Balaban J connectivity index is 1.96. The number of benzene rings is 1. The van der Waals surface area contributed by atoms with E-state index in [2.05, 4.69) is 36.5 Å². The monoisotopic (exact) mass is 233 g/mol. The maximum Gasteiger partial charge on any atom is 0.0731 e. The van der Waals surface area contributed by atoms with Gasteiger partial charge >= 0.3 is 0 Å². The highest BCUT2D eigenvalue weighted by Crippen LogP contribution is 2.18. The fourth-order valence-electron chi connectivity index (χ4n) is 2.48. The molecular weight excluding hydrogens is 210 g/mol. The average molecular weight is 233 g/mol. The molecule has 1 aliphatic rings. The molecule has 0 spiro atoms. The first-order valence-electron chi connectivity index (χ1n) is 6.64. The van der Waals surface area contributed by atoms with E-state index in [0.29, 0.717) is 12.1 Å². The van der Waals surface area contributed by atoms with Crippen molar-refractivity contribution < 1.29 is 4.74 Å². The maximum atomic E-state index is 5.86. The van der Waals surface area contributed by atoms with Crippen molar-refractivity contribution >= 4 is 0 Å². The van der Waals surface area contributed by atoms with Crippen LogP contribution in [0.2, 0.25) is 0 Å². The van der Waals surface area contributed by atoms with E-state index in [1.165, 1.54) is 30.4 Å². The van der Waals surface area contributed by atoms with Gasteiger partial charge in [-0.25, -0.2) is 0 Å². The van der Waals surface area contributed by atoms with Crippen LogP contribution in [0.15, 0.2) is 24.3 Å². The Labute approximate surface area is 104 Å². The zero-order chi connectivity index (χ0) is 12.1. The maximum absolute atomic E-state index is 5.86. The molecular formula is C15H23NO. The number of likely N-dealkylation sites (N-methyl/N-ethyl adjacent to an activating group) is 1. The van der Waals surface area contributed by atoms with Crippen molar-refractivity contribution in [3.63, 3.8) is 0 Å². The lowest BCUT2D eigenvalue weighted by atomic mass is 9.96. The van der Waals surface area contributed by atoms with Crippen LogP contribution in [0.3, 0.4) is 0 Å². The molecule has 0 saturated carbocycles. The van der Waals surface area contributed by atoms with Crippen LogP contribution in [0.25, 0.3) is 0 Å². The number of aryl methyl sites for hydroxylation is 1. The molecule has 1 aromatic rings. The second-order valence-electron chi connectivity index (χ2n) is 4.99. The van der Waals surface area contributed by atoms with Gasteiger partial charge in [-0.15, -0.1) is 0 Å². The van der Waals surface area contributed by atoms with Crippen LogP contribution in [0.4, 0.5) is 0 Å². The predicted octanol–water partition coefficient (Wildman–Crippen LogP) is 2.69. The van der Waals surface area contributed by atoms with E-state index in [-0.39, 0.29) is 0 Å². The molecule has 2 heteroatoms. The van der Waals surface area contributed by atoms with Gasteiger partial charge in [0.25, 0.3) is 0 Å². The molecule has 1 saturated heterocycles. The van der Waals surface area contributed by atoms with Crippen LogP contribution in [0.5, 0.6) is 0 Å². The third kappa shape index (κ3) is 3.55. The van der Waals surface area contributed by atoms with Gasteiger partial charge in [0.2, 0.25) is 0 Å². The van der Waals surface area contributed by atoms with Crippen molar-refractivity contribution in [2.45, 2.75) is 44.8 Å². The Morgan fingerprint density at radius 3 is 2.65 bits per heavy atom. The molecule has 0 bridgehead atoms. The topological polar surface area (TPSA) is 21.3 Å². The molecule has 2 atom stereocenters. The standard InChI is InChI=1S/C15H23NO/c1-12-6-8-13(9-7-12)11-14(16-2)15-5-3-4-10-17-15/h6-9,14-16H,3-5,10-11H2,1-2H3. The van der Waals surface area contributed by atoms with Crippen LogP contribution in [-0.4, -0.2) is 25.8 Å². The Kier molecular flexibility index (Phi) is 4.57. The Hall–Kier alpha value is -0.860. The van der Waals surface area contributed by atoms with E-state index in [4.69, 9.17) is 4.74 Å². The summed E-state index contributed by atoms with van der Waals surface area (Å²) in [6.07, 6.45) is 5.16. The average Bonchev–Trinajstić information content (AvgIpc) is 2.39. The summed E-state index contributed by atoms with van der Waals surface area (Å²) in [7, 11) is 2.04. The quantitative estimate of drug-likeness (QED) is 0.863. The molecule has 1 aromatic carbocycles. The molecule has 2 rings (SSSR count). The van der Waals surface area contributed by atoms with E-state index in [9.17, 15) is 0 Å². The summed E-state index contributed by atoms with van der Waals surface area (Å²) in [4.78, 5) is 0. The Morgan fingerprint density at radius 1 is 1.29 bits per heavy atom. The third-order valence-corrected chi connectivity index (χ3v) is 3.61. The van der Waals surface area contributed by atoms with Crippen LogP contribution in [0, 0.1) is 6.92 Å². The summed E-state index contributed by atoms with van der Waals surface area (Å²) in [5.74, 6) is 0. The van der Waals surface area contributed by atoms with Gasteiger partial charge in [-0.1, -0.05) is 29.8 Å².